The second-order valence-corrected chi connectivity index (χ2v) is 6.65. The maximum atomic E-state index is 12.3. The van der Waals surface area contributed by atoms with E-state index in [1.54, 1.807) is 6.07 Å². The number of carbonyl (C=O) groups excluding carboxylic acids is 1. The van der Waals surface area contributed by atoms with Crippen LogP contribution < -0.4 is 5.32 Å². The predicted octanol–water partition coefficient (Wildman–Crippen LogP) is 3.13. The Bertz CT molecular complexity index is 702. The maximum absolute atomic E-state index is 12.3. The SMILES string of the molecule is CC(C)c1cccc(-c2ccc(C(=O)NCCN3CCOCC3)o2)c1. The molecule has 0 aliphatic carbocycles. The van der Waals surface area contributed by atoms with E-state index < -0.39 is 0 Å². The van der Waals surface area contributed by atoms with Crippen LogP contribution in [0.1, 0.15) is 35.9 Å². The first kappa shape index (κ1) is 17.7. The number of morpholine rings is 1. The van der Waals surface area contributed by atoms with Crippen molar-refractivity contribution in [1.29, 1.82) is 0 Å². The molecule has 0 bridgehead atoms. The Morgan fingerprint density at radius 2 is 2.00 bits per heavy atom. The molecule has 1 aliphatic heterocycles. The van der Waals surface area contributed by atoms with Crippen LogP contribution in [0.25, 0.3) is 11.3 Å². The van der Waals surface area contributed by atoms with Gasteiger partial charge in [-0.3, -0.25) is 9.69 Å². The van der Waals surface area contributed by atoms with Gasteiger partial charge in [0, 0.05) is 31.7 Å². The van der Waals surface area contributed by atoms with Gasteiger partial charge in [0.15, 0.2) is 5.76 Å². The van der Waals surface area contributed by atoms with Crippen LogP contribution >= 0.6 is 0 Å². The van der Waals surface area contributed by atoms with E-state index >= 15 is 0 Å². The molecule has 0 spiro atoms. The quantitative estimate of drug-likeness (QED) is 0.876. The van der Waals surface area contributed by atoms with E-state index in [1.807, 2.05) is 18.2 Å². The van der Waals surface area contributed by atoms with Crippen LogP contribution in [0.3, 0.4) is 0 Å². The molecule has 0 saturated carbocycles. The van der Waals surface area contributed by atoms with Crippen molar-refractivity contribution in [2.45, 2.75) is 19.8 Å². The van der Waals surface area contributed by atoms with Crippen molar-refractivity contribution in [3.63, 3.8) is 0 Å². The molecule has 1 aromatic carbocycles. The lowest BCUT2D eigenvalue weighted by Gasteiger charge is -2.26. The first-order valence-corrected chi connectivity index (χ1v) is 8.92. The molecule has 2 aromatic rings. The molecule has 1 N–H and O–H groups in total. The zero-order chi connectivity index (χ0) is 17.6. The largest absolute Gasteiger partial charge is 0.451 e. The van der Waals surface area contributed by atoms with Crippen molar-refractivity contribution in [1.82, 2.24) is 10.2 Å². The first-order valence-electron chi connectivity index (χ1n) is 8.92. The lowest BCUT2D eigenvalue weighted by molar-refractivity contribution is 0.0382. The number of nitrogens with one attached hydrogen (secondary N) is 1. The Morgan fingerprint density at radius 3 is 2.76 bits per heavy atom. The number of rotatable bonds is 6. The minimum Gasteiger partial charge on any atom is -0.451 e. The summed E-state index contributed by atoms with van der Waals surface area (Å²) >= 11 is 0. The average molecular weight is 342 g/mol. The van der Waals surface area contributed by atoms with E-state index in [9.17, 15) is 4.79 Å². The molecule has 0 radical (unpaired) electrons. The molecule has 1 aliphatic rings. The highest BCUT2D eigenvalue weighted by atomic mass is 16.5. The van der Waals surface area contributed by atoms with Crippen LogP contribution in [0.15, 0.2) is 40.8 Å². The molecule has 0 atom stereocenters. The predicted molar refractivity (Wildman–Crippen MR) is 97.8 cm³/mol. The molecular weight excluding hydrogens is 316 g/mol. The van der Waals surface area contributed by atoms with E-state index in [2.05, 4.69) is 36.2 Å². The highest BCUT2D eigenvalue weighted by Gasteiger charge is 2.14. The van der Waals surface area contributed by atoms with Crippen LogP contribution in [0.4, 0.5) is 0 Å². The van der Waals surface area contributed by atoms with Crippen LogP contribution in [-0.2, 0) is 4.74 Å². The van der Waals surface area contributed by atoms with E-state index in [0.29, 0.717) is 18.2 Å². The number of nitrogens with zero attached hydrogens (tertiary/aromatic N) is 1. The molecule has 134 valence electrons. The van der Waals surface area contributed by atoms with Crippen LogP contribution in [0, 0.1) is 0 Å². The van der Waals surface area contributed by atoms with Crippen LogP contribution in [0.5, 0.6) is 0 Å². The van der Waals surface area contributed by atoms with Gasteiger partial charge in [0.2, 0.25) is 0 Å². The van der Waals surface area contributed by atoms with Crippen LogP contribution in [0.2, 0.25) is 0 Å². The minimum atomic E-state index is -0.167. The van der Waals surface area contributed by atoms with Gasteiger partial charge in [0.05, 0.1) is 13.2 Å². The minimum absolute atomic E-state index is 0.167. The number of hydrogen-bond acceptors (Lipinski definition) is 4. The van der Waals surface area contributed by atoms with Crippen LogP contribution in [-0.4, -0.2) is 50.2 Å². The summed E-state index contributed by atoms with van der Waals surface area (Å²) < 4.78 is 11.1. The van der Waals surface area contributed by atoms with Gasteiger partial charge in [0.1, 0.15) is 5.76 Å². The van der Waals surface area contributed by atoms with Crippen molar-refractivity contribution in [2.24, 2.45) is 0 Å². The van der Waals surface area contributed by atoms with E-state index in [1.165, 1.54) is 5.56 Å². The van der Waals surface area contributed by atoms with Gasteiger partial charge in [-0.05, 0) is 29.7 Å². The highest BCUT2D eigenvalue weighted by molar-refractivity contribution is 5.92. The van der Waals surface area contributed by atoms with E-state index in [0.717, 1.165) is 44.2 Å². The molecule has 0 unspecified atom stereocenters. The Balaban J connectivity index is 1.57. The Labute approximate surface area is 149 Å². The van der Waals surface area contributed by atoms with Crippen molar-refractivity contribution < 1.29 is 13.9 Å². The highest BCUT2D eigenvalue weighted by Crippen LogP contribution is 2.25. The summed E-state index contributed by atoms with van der Waals surface area (Å²) in [6.07, 6.45) is 0. The lowest BCUT2D eigenvalue weighted by atomic mass is 10.0. The summed E-state index contributed by atoms with van der Waals surface area (Å²) in [5.41, 5.74) is 2.25. The van der Waals surface area contributed by atoms with E-state index in [-0.39, 0.29) is 5.91 Å². The monoisotopic (exact) mass is 342 g/mol. The molecule has 5 nitrogen and oxygen atoms in total. The molecular formula is C20H26N2O3. The summed E-state index contributed by atoms with van der Waals surface area (Å²) in [6, 6.07) is 11.8. The molecule has 5 heteroatoms. The number of furan rings is 1. The van der Waals surface area contributed by atoms with E-state index in [4.69, 9.17) is 9.15 Å². The number of amides is 1. The van der Waals surface area contributed by atoms with Gasteiger partial charge in [-0.2, -0.15) is 0 Å². The number of ether oxygens (including phenoxy) is 1. The second kappa shape index (κ2) is 8.32. The first-order chi connectivity index (χ1) is 12.1. The second-order valence-electron chi connectivity index (χ2n) is 6.65. The molecule has 1 fully saturated rings. The molecule has 3 rings (SSSR count). The Morgan fingerprint density at radius 1 is 1.20 bits per heavy atom. The Kier molecular flexibility index (Phi) is 5.89. The fourth-order valence-corrected chi connectivity index (χ4v) is 2.91. The van der Waals surface area contributed by atoms with Crippen molar-refractivity contribution in [2.75, 3.05) is 39.4 Å². The third kappa shape index (κ3) is 4.71. The smallest absolute Gasteiger partial charge is 0.287 e. The third-order valence-electron chi connectivity index (χ3n) is 4.48. The molecule has 1 saturated heterocycles. The van der Waals surface area contributed by atoms with Crippen molar-refractivity contribution >= 4 is 5.91 Å². The fraction of sp³-hybridized carbons (Fsp3) is 0.450. The normalized spacial score (nSPS) is 15.5. The standard InChI is InChI=1S/C20H26N2O3/c1-15(2)16-4-3-5-17(14-16)18-6-7-19(25-18)20(23)21-8-9-22-10-12-24-13-11-22/h3-7,14-15H,8-13H2,1-2H3,(H,21,23). The summed E-state index contributed by atoms with van der Waals surface area (Å²) in [7, 11) is 0. The molecule has 2 heterocycles. The summed E-state index contributed by atoms with van der Waals surface area (Å²) in [5, 5.41) is 2.93. The van der Waals surface area contributed by atoms with Gasteiger partial charge in [-0.1, -0.05) is 32.0 Å². The summed E-state index contributed by atoms with van der Waals surface area (Å²) in [6.45, 7) is 9.15. The number of carbonyl (C=O) groups is 1. The van der Waals surface area contributed by atoms with Gasteiger partial charge >= 0.3 is 0 Å². The van der Waals surface area contributed by atoms with Gasteiger partial charge in [-0.15, -0.1) is 0 Å². The average Bonchev–Trinajstić information content (AvgIpc) is 3.13. The van der Waals surface area contributed by atoms with Crippen molar-refractivity contribution in [3.8, 4) is 11.3 Å². The molecule has 25 heavy (non-hydrogen) atoms. The fourth-order valence-electron chi connectivity index (χ4n) is 2.91. The summed E-state index contributed by atoms with van der Waals surface area (Å²) in [5.74, 6) is 1.37. The molecule has 1 aromatic heterocycles. The Hall–Kier alpha value is -2.11. The zero-order valence-electron chi connectivity index (χ0n) is 15.0. The maximum Gasteiger partial charge on any atom is 0.287 e. The molecule has 1 amide bonds. The summed E-state index contributed by atoms with van der Waals surface area (Å²) in [4.78, 5) is 14.5. The van der Waals surface area contributed by atoms with Gasteiger partial charge in [-0.25, -0.2) is 0 Å². The third-order valence-corrected chi connectivity index (χ3v) is 4.48. The van der Waals surface area contributed by atoms with Gasteiger partial charge in [0.25, 0.3) is 5.91 Å². The number of benzene rings is 1. The lowest BCUT2D eigenvalue weighted by Crippen LogP contribution is -2.41. The van der Waals surface area contributed by atoms with Crippen molar-refractivity contribution in [3.05, 3.63) is 47.7 Å². The zero-order valence-corrected chi connectivity index (χ0v) is 15.0. The number of hydrogen-bond donors (Lipinski definition) is 1. The topological polar surface area (TPSA) is 54.7 Å². The van der Waals surface area contributed by atoms with Gasteiger partial charge < -0.3 is 14.5 Å².